The normalized spacial score (nSPS) is 20.3. The van der Waals surface area contributed by atoms with Crippen LogP contribution in [0.15, 0.2) is 59.4 Å². The van der Waals surface area contributed by atoms with E-state index in [4.69, 9.17) is 33.2 Å². The Labute approximate surface area is 193 Å². The fourth-order valence-electron chi connectivity index (χ4n) is 3.85. The third-order valence-corrected chi connectivity index (χ3v) is 5.32. The zero-order chi connectivity index (χ0) is 23.5. The molecule has 0 fully saturated rings. The van der Waals surface area contributed by atoms with E-state index in [0.717, 1.165) is 16.5 Å². The van der Waals surface area contributed by atoms with Crippen molar-refractivity contribution in [1.29, 1.82) is 0 Å². The molecule has 33 heavy (non-hydrogen) atoms. The Hall–Kier alpha value is -2.65. The maximum absolute atomic E-state index is 12.6. The number of benzene rings is 1. The maximum atomic E-state index is 12.6. The van der Waals surface area contributed by atoms with Crippen molar-refractivity contribution in [2.24, 2.45) is 5.92 Å². The minimum atomic E-state index is -0.654. The van der Waals surface area contributed by atoms with Crippen LogP contribution in [0.5, 0.6) is 0 Å². The predicted molar refractivity (Wildman–Crippen MR) is 122 cm³/mol. The van der Waals surface area contributed by atoms with Crippen molar-refractivity contribution in [3.63, 3.8) is 0 Å². The zero-order valence-corrected chi connectivity index (χ0v) is 18.9. The molecule has 3 rings (SSSR count). The molecule has 0 saturated carbocycles. The number of hydrogen-bond acceptors (Lipinski definition) is 8. The van der Waals surface area contributed by atoms with E-state index >= 15 is 0 Å². The standard InChI is InChI=1S/C25H32O8/c1-3-11-31-24(27)23-16-20(21-17-32-22-8-6-5-7-18(21)22)19(25(33-23)30-4-2)9-12-28-14-15-29-13-10-26/h3,5-8,16-17,19-20,25-26H,1,4,9-15H2,2H3. The van der Waals surface area contributed by atoms with Gasteiger partial charge in [-0.15, -0.1) is 0 Å². The molecule has 3 unspecified atom stereocenters. The smallest absolute Gasteiger partial charge is 0.373 e. The molecule has 0 bridgehead atoms. The number of esters is 1. The molecule has 1 aromatic heterocycles. The summed E-state index contributed by atoms with van der Waals surface area (Å²) in [7, 11) is 0. The van der Waals surface area contributed by atoms with Crippen LogP contribution in [0.2, 0.25) is 0 Å². The van der Waals surface area contributed by atoms with Gasteiger partial charge in [0.25, 0.3) is 0 Å². The van der Waals surface area contributed by atoms with Gasteiger partial charge in [-0.2, -0.15) is 0 Å². The number of para-hydroxylation sites is 1. The number of carbonyl (C=O) groups excluding carboxylic acids is 1. The Morgan fingerprint density at radius 1 is 1.18 bits per heavy atom. The monoisotopic (exact) mass is 460 g/mol. The van der Waals surface area contributed by atoms with Gasteiger partial charge in [0.1, 0.15) is 12.2 Å². The van der Waals surface area contributed by atoms with Gasteiger partial charge in [0.2, 0.25) is 12.0 Å². The van der Waals surface area contributed by atoms with Gasteiger partial charge < -0.3 is 33.2 Å². The fourth-order valence-corrected chi connectivity index (χ4v) is 3.85. The number of allylic oxidation sites excluding steroid dienone is 1. The van der Waals surface area contributed by atoms with Crippen LogP contribution in [0, 0.1) is 5.92 Å². The Kier molecular flexibility index (Phi) is 9.96. The summed E-state index contributed by atoms with van der Waals surface area (Å²) in [6, 6.07) is 7.77. The molecule has 1 aliphatic heterocycles. The average Bonchev–Trinajstić information content (AvgIpc) is 3.26. The summed E-state index contributed by atoms with van der Waals surface area (Å²) >= 11 is 0. The number of carbonyl (C=O) groups is 1. The predicted octanol–water partition coefficient (Wildman–Crippen LogP) is 3.55. The molecule has 0 radical (unpaired) electrons. The summed E-state index contributed by atoms with van der Waals surface area (Å²) < 4.78 is 33.8. The molecule has 8 nitrogen and oxygen atoms in total. The van der Waals surface area contributed by atoms with Gasteiger partial charge in [-0.3, -0.25) is 0 Å². The topological polar surface area (TPSA) is 96.6 Å². The van der Waals surface area contributed by atoms with Gasteiger partial charge in [-0.05, 0) is 25.5 Å². The molecule has 2 aromatic rings. The van der Waals surface area contributed by atoms with E-state index in [1.165, 1.54) is 6.08 Å². The molecule has 8 heteroatoms. The number of furan rings is 1. The highest BCUT2D eigenvalue weighted by Crippen LogP contribution is 2.42. The second kappa shape index (κ2) is 13.2. The second-order valence-corrected chi connectivity index (χ2v) is 7.47. The lowest BCUT2D eigenvalue weighted by atomic mass is 9.81. The van der Waals surface area contributed by atoms with E-state index in [1.807, 2.05) is 31.2 Å². The summed E-state index contributed by atoms with van der Waals surface area (Å²) in [6.45, 7) is 7.53. The minimum Gasteiger partial charge on any atom is -0.464 e. The van der Waals surface area contributed by atoms with Crippen molar-refractivity contribution in [3.05, 3.63) is 60.6 Å². The third-order valence-electron chi connectivity index (χ3n) is 5.32. The van der Waals surface area contributed by atoms with Gasteiger partial charge in [0.05, 0.1) is 32.7 Å². The lowest BCUT2D eigenvalue weighted by Gasteiger charge is -2.36. The Balaban J connectivity index is 1.83. The molecule has 0 aliphatic carbocycles. The molecule has 1 aliphatic rings. The van der Waals surface area contributed by atoms with Crippen LogP contribution in [0.4, 0.5) is 0 Å². The lowest BCUT2D eigenvalue weighted by Crippen LogP contribution is -2.37. The molecule has 1 N–H and O–H groups in total. The largest absolute Gasteiger partial charge is 0.464 e. The SMILES string of the molecule is C=CCOC(=O)C1=CC(c2coc3ccccc23)C(CCOCCOCCO)C(OCC)O1. The molecular weight excluding hydrogens is 428 g/mol. The number of fused-ring (bicyclic) bond motifs is 1. The molecular formula is C25H32O8. The molecule has 3 atom stereocenters. The van der Waals surface area contributed by atoms with Crippen molar-refractivity contribution in [2.75, 3.05) is 46.2 Å². The highest BCUT2D eigenvalue weighted by molar-refractivity contribution is 5.87. The number of aliphatic hydroxyl groups excluding tert-OH is 1. The average molecular weight is 461 g/mol. The van der Waals surface area contributed by atoms with Gasteiger partial charge in [0.15, 0.2) is 0 Å². The number of rotatable bonds is 14. The molecule has 2 heterocycles. The van der Waals surface area contributed by atoms with Crippen LogP contribution >= 0.6 is 0 Å². The molecule has 180 valence electrons. The van der Waals surface area contributed by atoms with E-state index in [-0.39, 0.29) is 37.4 Å². The second-order valence-electron chi connectivity index (χ2n) is 7.47. The first-order valence-electron chi connectivity index (χ1n) is 11.2. The van der Waals surface area contributed by atoms with Crippen LogP contribution in [0.3, 0.4) is 0 Å². The summed E-state index contributed by atoms with van der Waals surface area (Å²) in [5.74, 6) is -0.784. The van der Waals surface area contributed by atoms with Gasteiger partial charge in [-0.1, -0.05) is 30.9 Å². The Morgan fingerprint density at radius 3 is 2.73 bits per heavy atom. The first kappa shape index (κ1) is 25.0. The molecule has 0 amide bonds. The number of ether oxygens (including phenoxy) is 5. The summed E-state index contributed by atoms with van der Waals surface area (Å²) in [6.07, 6.45) is 4.99. The Morgan fingerprint density at radius 2 is 1.97 bits per heavy atom. The van der Waals surface area contributed by atoms with Gasteiger partial charge in [0, 0.05) is 36.0 Å². The number of hydrogen-bond donors (Lipinski definition) is 1. The van der Waals surface area contributed by atoms with Crippen LogP contribution in [-0.4, -0.2) is 63.6 Å². The van der Waals surface area contributed by atoms with E-state index in [2.05, 4.69) is 6.58 Å². The van der Waals surface area contributed by atoms with E-state index < -0.39 is 12.3 Å². The zero-order valence-electron chi connectivity index (χ0n) is 18.9. The third kappa shape index (κ3) is 6.68. The van der Waals surface area contributed by atoms with Gasteiger partial charge in [-0.25, -0.2) is 4.79 Å². The van der Waals surface area contributed by atoms with Crippen LogP contribution in [-0.2, 0) is 28.5 Å². The minimum absolute atomic E-state index is 0.0142. The maximum Gasteiger partial charge on any atom is 0.373 e. The van der Waals surface area contributed by atoms with Crippen LogP contribution in [0.25, 0.3) is 11.0 Å². The van der Waals surface area contributed by atoms with Crippen LogP contribution in [0.1, 0.15) is 24.8 Å². The molecule has 0 spiro atoms. The van der Waals surface area contributed by atoms with Crippen molar-refractivity contribution >= 4 is 16.9 Å². The van der Waals surface area contributed by atoms with E-state index in [9.17, 15) is 4.79 Å². The highest BCUT2D eigenvalue weighted by atomic mass is 16.7. The first-order chi connectivity index (χ1) is 16.2. The van der Waals surface area contributed by atoms with Crippen molar-refractivity contribution < 1.29 is 38.0 Å². The summed E-state index contributed by atoms with van der Waals surface area (Å²) in [5, 5.41) is 9.75. The van der Waals surface area contributed by atoms with Crippen molar-refractivity contribution in [1.82, 2.24) is 0 Å². The van der Waals surface area contributed by atoms with Crippen molar-refractivity contribution in [3.8, 4) is 0 Å². The first-order valence-corrected chi connectivity index (χ1v) is 11.2. The summed E-state index contributed by atoms with van der Waals surface area (Å²) in [5.41, 5.74) is 1.72. The van der Waals surface area contributed by atoms with Gasteiger partial charge >= 0.3 is 5.97 Å². The molecule has 1 aromatic carbocycles. The fraction of sp³-hybridized carbons (Fsp3) is 0.480. The van der Waals surface area contributed by atoms with Crippen molar-refractivity contribution in [2.45, 2.75) is 25.6 Å². The van der Waals surface area contributed by atoms with E-state index in [0.29, 0.717) is 32.8 Å². The summed E-state index contributed by atoms with van der Waals surface area (Å²) in [4.78, 5) is 12.6. The quantitative estimate of drug-likeness (QED) is 0.260. The highest BCUT2D eigenvalue weighted by Gasteiger charge is 2.39. The Bertz CT molecular complexity index is 918. The number of aliphatic hydroxyl groups is 1. The van der Waals surface area contributed by atoms with Crippen LogP contribution < -0.4 is 0 Å². The van der Waals surface area contributed by atoms with E-state index in [1.54, 1.807) is 12.3 Å². The molecule has 0 saturated heterocycles. The lowest BCUT2D eigenvalue weighted by molar-refractivity contribution is -0.176.